The molecule has 0 saturated heterocycles. The van der Waals surface area contributed by atoms with Gasteiger partial charge in [-0.1, -0.05) is 30.3 Å². The third-order valence-corrected chi connectivity index (χ3v) is 3.51. The number of methoxy groups -OCH3 is 1. The summed E-state index contributed by atoms with van der Waals surface area (Å²) in [7, 11) is 1.11. The van der Waals surface area contributed by atoms with Crippen molar-refractivity contribution in [3.8, 4) is 0 Å². The fourth-order valence-electron chi connectivity index (χ4n) is 2.31. The number of aliphatic carboxylic acids is 1. The van der Waals surface area contributed by atoms with Gasteiger partial charge in [0.25, 0.3) is 5.69 Å². The third-order valence-electron chi connectivity index (χ3n) is 3.51. The maximum absolute atomic E-state index is 11.7. The summed E-state index contributed by atoms with van der Waals surface area (Å²) in [4.78, 5) is 33.7. The van der Waals surface area contributed by atoms with E-state index in [0.29, 0.717) is 0 Å². The van der Waals surface area contributed by atoms with Crippen molar-refractivity contribution in [1.29, 1.82) is 0 Å². The molecular formula is C16H13NO7. The van der Waals surface area contributed by atoms with Gasteiger partial charge in [0.1, 0.15) is 0 Å². The van der Waals surface area contributed by atoms with E-state index in [-0.39, 0.29) is 11.1 Å². The number of esters is 1. The summed E-state index contributed by atoms with van der Waals surface area (Å²) in [5, 5.41) is 31.6. The highest BCUT2D eigenvalue weighted by molar-refractivity contribution is 5.91. The van der Waals surface area contributed by atoms with Gasteiger partial charge in [0.2, 0.25) is 5.60 Å². The van der Waals surface area contributed by atoms with Crippen LogP contribution in [0.4, 0.5) is 5.69 Å². The molecule has 1 atom stereocenters. The summed E-state index contributed by atoms with van der Waals surface area (Å²) in [5.74, 6) is -2.49. The highest BCUT2D eigenvalue weighted by Gasteiger charge is 2.45. The number of aliphatic hydroxyl groups is 1. The largest absolute Gasteiger partial charge is 0.479 e. The van der Waals surface area contributed by atoms with Crippen molar-refractivity contribution in [3.63, 3.8) is 0 Å². The van der Waals surface area contributed by atoms with Crippen molar-refractivity contribution in [2.24, 2.45) is 0 Å². The number of hydrogen-bond acceptors (Lipinski definition) is 6. The zero-order chi connectivity index (χ0) is 17.9. The van der Waals surface area contributed by atoms with Gasteiger partial charge < -0.3 is 14.9 Å². The number of nitro benzene ring substituents is 1. The first-order valence-electron chi connectivity index (χ1n) is 6.71. The monoisotopic (exact) mass is 331 g/mol. The Morgan fingerprint density at radius 2 is 1.79 bits per heavy atom. The lowest BCUT2D eigenvalue weighted by Crippen LogP contribution is -2.37. The maximum Gasteiger partial charge on any atom is 0.345 e. The van der Waals surface area contributed by atoms with Crippen LogP contribution in [0.5, 0.6) is 0 Å². The Labute approximate surface area is 136 Å². The van der Waals surface area contributed by atoms with Crippen LogP contribution < -0.4 is 0 Å². The molecule has 0 aromatic heterocycles. The standard InChI is InChI=1S/C16H13NO7/c1-24-14(18)10-7-8-12(13(9-10)17(22)23)16(21,15(19)20)11-5-3-2-4-6-11/h2-9,21H,1H3,(H,19,20)/t16-/m1/s1. The molecule has 0 saturated carbocycles. The highest BCUT2D eigenvalue weighted by Crippen LogP contribution is 2.36. The summed E-state index contributed by atoms with van der Waals surface area (Å²) in [6.07, 6.45) is 0. The molecule has 0 radical (unpaired) electrons. The van der Waals surface area contributed by atoms with E-state index in [2.05, 4.69) is 4.74 Å². The van der Waals surface area contributed by atoms with Crippen LogP contribution in [0.15, 0.2) is 48.5 Å². The molecule has 0 fully saturated rings. The lowest BCUT2D eigenvalue weighted by atomic mass is 9.85. The highest BCUT2D eigenvalue weighted by atomic mass is 16.6. The Morgan fingerprint density at radius 1 is 1.17 bits per heavy atom. The predicted molar refractivity (Wildman–Crippen MR) is 81.5 cm³/mol. The van der Waals surface area contributed by atoms with Crippen LogP contribution in [0.1, 0.15) is 21.5 Å². The van der Waals surface area contributed by atoms with Crippen molar-refractivity contribution in [2.45, 2.75) is 5.60 Å². The van der Waals surface area contributed by atoms with E-state index in [9.17, 15) is 29.9 Å². The number of carboxylic acids is 1. The minimum atomic E-state index is -2.64. The first kappa shape index (κ1) is 17.1. The molecule has 0 spiro atoms. The Morgan fingerprint density at radius 3 is 2.29 bits per heavy atom. The van der Waals surface area contributed by atoms with Crippen molar-refractivity contribution in [1.82, 2.24) is 0 Å². The predicted octanol–water partition coefficient (Wildman–Crippen LogP) is 1.70. The second-order valence-electron chi connectivity index (χ2n) is 4.86. The number of ether oxygens (including phenoxy) is 1. The molecule has 124 valence electrons. The number of benzene rings is 2. The summed E-state index contributed by atoms with van der Waals surface area (Å²) >= 11 is 0. The summed E-state index contributed by atoms with van der Waals surface area (Å²) in [5.41, 5.74) is -3.98. The van der Waals surface area contributed by atoms with Crippen LogP contribution in [-0.2, 0) is 15.1 Å². The van der Waals surface area contributed by atoms with Crippen molar-refractivity contribution < 1.29 is 29.5 Å². The molecule has 0 amide bonds. The zero-order valence-electron chi connectivity index (χ0n) is 12.5. The van der Waals surface area contributed by atoms with Gasteiger partial charge in [0.15, 0.2) is 0 Å². The van der Waals surface area contributed by atoms with E-state index >= 15 is 0 Å². The van der Waals surface area contributed by atoms with Crippen molar-refractivity contribution in [3.05, 3.63) is 75.3 Å². The Hall–Kier alpha value is -3.26. The lowest BCUT2D eigenvalue weighted by molar-refractivity contribution is -0.386. The van der Waals surface area contributed by atoms with Crippen LogP contribution >= 0.6 is 0 Å². The van der Waals surface area contributed by atoms with E-state index in [1.807, 2.05) is 0 Å². The number of nitrogens with zero attached hydrogens (tertiary/aromatic N) is 1. The van der Waals surface area contributed by atoms with E-state index in [0.717, 1.165) is 25.3 Å². The number of nitro groups is 1. The Balaban J connectivity index is 2.74. The molecule has 0 aliphatic heterocycles. The normalized spacial score (nSPS) is 12.9. The van der Waals surface area contributed by atoms with Crippen LogP contribution in [-0.4, -0.2) is 34.2 Å². The fourth-order valence-corrected chi connectivity index (χ4v) is 2.31. The van der Waals surface area contributed by atoms with E-state index in [1.165, 1.54) is 24.3 Å². The smallest absolute Gasteiger partial charge is 0.345 e. The summed E-state index contributed by atoms with van der Waals surface area (Å²) in [6.45, 7) is 0. The van der Waals surface area contributed by atoms with Gasteiger partial charge in [-0.2, -0.15) is 0 Å². The fraction of sp³-hybridized carbons (Fsp3) is 0.125. The molecule has 0 heterocycles. The number of rotatable bonds is 5. The first-order chi connectivity index (χ1) is 11.3. The minimum absolute atomic E-state index is 0.0496. The number of hydrogen-bond donors (Lipinski definition) is 2. The molecule has 8 nitrogen and oxygen atoms in total. The van der Waals surface area contributed by atoms with Crippen LogP contribution in [0.3, 0.4) is 0 Å². The molecule has 2 N–H and O–H groups in total. The first-order valence-corrected chi connectivity index (χ1v) is 6.71. The number of carboxylic acid groups (broad SMARTS) is 1. The van der Waals surface area contributed by atoms with Gasteiger partial charge >= 0.3 is 11.9 Å². The van der Waals surface area contributed by atoms with E-state index < -0.39 is 33.7 Å². The van der Waals surface area contributed by atoms with E-state index in [1.54, 1.807) is 6.07 Å². The summed E-state index contributed by atoms with van der Waals surface area (Å²) < 4.78 is 4.49. The SMILES string of the molecule is COC(=O)c1ccc([C@@](O)(C(=O)O)c2ccccc2)c([N+](=O)[O-])c1. The topological polar surface area (TPSA) is 127 Å². The Kier molecular flexibility index (Phi) is 4.61. The van der Waals surface area contributed by atoms with Crippen LogP contribution in [0, 0.1) is 10.1 Å². The van der Waals surface area contributed by atoms with Crippen LogP contribution in [0.2, 0.25) is 0 Å². The minimum Gasteiger partial charge on any atom is -0.479 e. The molecular weight excluding hydrogens is 318 g/mol. The molecule has 8 heteroatoms. The van der Waals surface area contributed by atoms with Crippen molar-refractivity contribution >= 4 is 17.6 Å². The molecule has 2 aromatic carbocycles. The molecule has 0 bridgehead atoms. The molecule has 2 aromatic rings. The number of carbonyl (C=O) groups is 2. The zero-order valence-corrected chi connectivity index (χ0v) is 12.5. The molecule has 0 unspecified atom stereocenters. The maximum atomic E-state index is 11.7. The van der Waals surface area contributed by atoms with Gasteiger partial charge in [0, 0.05) is 6.07 Å². The second kappa shape index (κ2) is 6.47. The average molecular weight is 331 g/mol. The molecule has 2 rings (SSSR count). The van der Waals surface area contributed by atoms with Gasteiger partial charge in [-0.15, -0.1) is 0 Å². The molecule has 0 aliphatic rings. The van der Waals surface area contributed by atoms with Crippen LogP contribution in [0.25, 0.3) is 0 Å². The average Bonchev–Trinajstić information content (AvgIpc) is 2.60. The van der Waals surface area contributed by atoms with Gasteiger partial charge in [-0.25, -0.2) is 9.59 Å². The third kappa shape index (κ3) is 2.82. The van der Waals surface area contributed by atoms with Gasteiger partial charge in [-0.05, 0) is 17.7 Å². The quantitative estimate of drug-likeness (QED) is 0.485. The second-order valence-corrected chi connectivity index (χ2v) is 4.86. The van der Waals surface area contributed by atoms with E-state index in [4.69, 9.17) is 0 Å². The van der Waals surface area contributed by atoms with Gasteiger partial charge in [0.05, 0.1) is 23.2 Å². The van der Waals surface area contributed by atoms with Crippen molar-refractivity contribution in [2.75, 3.05) is 7.11 Å². The Bertz CT molecular complexity index is 803. The van der Waals surface area contributed by atoms with Gasteiger partial charge in [-0.3, -0.25) is 10.1 Å². The summed E-state index contributed by atoms with van der Waals surface area (Å²) in [6, 6.07) is 10.4. The number of carbonyl (C=O) groups excluding carboxylic acids is 1. The molecule has 24 heavy (non-hydrogen) atoms. The lowest BCUT2D eigenvalue weighted by Gasteiger charge is -2.24. The molecule has 0 aliphatic carbocycles.